The molecule has 0 N–H and O–H groups in total. The molecular formula is C17H20N4O3. The number of hydrogen-bond acceptors (Lipinski definition) is 6. The summed E-state index contributed by atoms with van der Waals surface area (Å²) in [5, 5.41) is 5.68. The van der Waals surface area contributed by atoms with E-state index in [2.05, 4.69) is 14.8 Å². The lowest BCUT2D eigenvalue weighted by molar-refractivity contribution is -0.135. The Kier molecular flexibility index (Phi) is 5.47. The molecule has 1 aliphatic heterocycles. The molecule has 0 saturated heterocycles. The van der Waals surface area contributed by atoms with E-state index >= 15 is 0 Å². The highest BCUT2D eigenvalue weighted by Crippen LogP contribution is 2.18. The summed E-state index contributed by atoms with van der Waals surface area (Å²) in [4.78, 5) is 29.8. The second-order valence-corrected chi connectivity index (χ2v) is 5.24. The van der Waals surface area contributed by atoms with Crippen LogP contribution in [0.1, 0.15) is 18.9 Å². The third kappa shape index (κ3) is 3.68. The van der Waals surface area contributed by atoms with Crippen molar-refractivity contribution in [3.63, 3.8) is 0 Å². The number of hydrogen-bond donors (Lipinski definition) is 0. The van der Waals surface area contributed by atoms with Crippen molar-refractivity contribution in [1.29, 1.82) is 0 Å². The highest BCUT2D eigenvalue weighted by molar-refractivity contribution is 6.14. The average molecular weight is 328 g/mol. The Bertz CT molecular complexity index is 721. The molecule has 7 heteroatoms. The molecule has 0 radical (unpaired) electrons. The summed E-state index contributed by atoms with van der Waals surface area (Å²) >= 11 is 0. The van der Waals surface area contributed by atoms with Crippen molar-refractivity contribution in [2.24, 2.45) is 10.1 Å². The number of aliphatic imine (C=N–C) groups is 1. The van der Waals surface area contributed by atoms with E-state index in [1.165, 1.54) is 12.1 Å². The normalized spacial score (nSPS) is 16.4. The van der Waals surface area contributed by atoms with Gasteiger partial charge in [-0.2, -0.15) is 10.1 Å². The van der Waals surface area contributed by atoms with E-state index in [0.29, 0.717) is 12.4 Å². The molecule has 0 atom stereocenters. The third-order valence-electron chi connectivity index (χ3n) is 3.34. The van der Waals surface area contributed by atoms with Gasteiger partial charge in [0.15, 0.2) is 0 Å². The van der Waals surface area contributed by atoms with Crippen molar-refractivity contribution >= 4 is 23.5 Å². The molecule has 0 aromatic heterocycles. The first-order chi connectivity index (χ1) is 11.5. The Morgan fingerprint density at radius 3 is 2.54 bits per heavy atom. The summed E-state index contributed by atoms with van der Waals surface area (Å²) in [6.07, 6.45) is 1.71. The van der Waals surface area contributed by atoms with E-state index in [1.807, 2.05) is 37.3 Å². The van der Waals surface area contributed by atoms with Crippen molar-refractivity contribution < 1.29 is 14.3 Å². The largest absolute Gasteiger partial charge is 0.466 e. The Labute approximate surface area is 140 Å². The number of carbonyl (C=O) groups excluding carboxylic acids is 2. The molecule has 1 aromatic carbocycles. The molecule has 7 nitrogen and oxygen atoms in total. The molecule has 0 unspecified atom stereocenters. The number of nitrogens with zero attached hydrogens (tertiary/aromatic N) is 4. The molecule has 0 fully saturated rings. The topological polar surface area (TPSA) is 74.6 Å². The van der Waals surface area contributed by atoms with Gasteiger partial charge in [0.05, 0.1) is 18.9 Å². The lowest BCUT2D eigenvalue weighted by atomic mass is 10.1. The van der Waals surface area contributed by atoms with Crippen LogP contribution in [0.4, 0.5) is 0 Å². The maximum Gasteiger partial charge on any atom is 0.332 e. The second-order valence-electron chi connectivity index (χ2n) is 5.24. The van der Waals surface area contributed by atoms with Crippen LogP contribution in [0.25, 0.3) is 0 Å². The van der Waals surface area contributed by atoms with Gasteiger partial charge in [0.2, 0.25) is 5.96 Å². The zero-order valence-electron chi connectivity index (χ0n) is 14.2. The first kappa shape index (κ1) is 17.4. The summed E-state index contributed by atoms with van der Waals surface area (Å²) in [7, 11) is 4.75. The van der Waals surface area contributed by atoms with Crippen LogP contribution in [0.5, 0.6) is 0 Å². The first-order valence-electron chi connectivity index (χ1n) is 7.51. The van der Waals surface area contributed by atoms with E-state index in [4.69, 9.17) is 0 Å². The lowest BCUT2D eigenvalue weighted by Crippen LogP contribution is -2.37. The molecular weight excluding hydrogens is 308 g/mol. The van der Waals surface area contributed by atoms with E-state index < -0.39 is 11.9 Å². The highest BCUT2D eigenvalue weighted by Gasteiger charge is 2.33. The standard InChI is InChI=1S/C17H20N4O3/c1-5-13(12-9-7-6-8-10-12)19-21-16(23)14(11-15(22)24-4)18-17(21)20(2)3/h6-11H,5H2,1-4H3/b14-11+,19-13+. The van der Waals surface area contributed by atoms with E-state index in [-0.39, 0.29) is 5.70 Å². The maximum atomic E-state index is 12.6. The molecule has 0 saturated carbocycles. The van der Waals surface area contributed by atoms with Crippen molar-refractivity contribution in [2.45, 2.75) is 13.3 Å². The minimum atomic E-state index is -0.634. The fourth-order valence-electron chi connectivity index (χ4n) is 2.13. The number of amides is 1. The van der Waals surface area contributed by atoms with E-state index in [1.54, 1.807) is 19.0 Å². The number of benzene rings is 1. The number of ether oxygens (including phenoxy) is 1. The highest BCUT2D eigenvalue weighted by atomic mass is 16.5. The molecule has 1 heterocycles. The fourth-order valence-corrected chi connectivity index (χ4v) is 2.13. The van der Waals surface area contributed by atoms with Gasteiger partial charge in [-0.3, -0.25) is 4.79 Å². The maximum absolute atomic E-state index is 12.6. The Morgan fingerprint density at radius 2 is 2.00 bits per heavy atom. The lowest BCUT2D eigenvalue weighted by Gasteiger charge is -2.19. The molecule has 1 aliphatic rings. The summed E-state index contributed by atoms with van der Waals surface area (Å²) in [6, 6.07) is 9.61. The third-order valence-corrected chi connectivity index (χ3v) is 3.34. The summed E-state index contributed by atoms with van der Waals surface area (Å²) in [5.41, 5.74) is 1.67. The van der Waals surface area contributed by atoms with Crippen LogP contribution < -0.4 is 0 Å². The fraction of sp³-hybridized carbons (Fsp3) is 0.294. The number of rotatable bonds is 4. The summed E-state index contributed by atoms with van der Waals surface area (Å²) in [5.74, 6) is -0.757. The smallest absolute Gasteiger partial charge is 0.332 e. The van der Waals surface area contributed by atoms with Crippen LogP contribution in [0.2, 0.25) is 0 Å². The van der Waals surface area contributed by atoms with Crippen LogP contribution >= 0.6 is 0 Å². The van der Waals surface area contributed by atoms with Crippen molar-refractivity contribution in [1.82, 2.24) is 9.91 Å². The van der Waals surface area contributed by atoms with Gasteiger partial charge in [0.25, 0.3) is 5.91 Å². The van der Waals surface area contributed by atoms with Gasteiger partial charge >= 0.3 is 5.97 Å². The summed E-state index contributed by atoms with van der Waals surface area (Å²) in [6.45, 7) is 1.96. The molecule has 0 bridgehead atoms. The number of carbonyl (C=O) groups is 2. The summed E-state index contributed by atoms with van der Waals surface area (Å²) < 4.78 is 4.56. The van der Waals surface area contributed by atoms with Gasteiger partial charge in [-0.25, -0.2) is 9.79 Å². The van der Waals surface area contributed by atoms with Gasteiger partial charge < -0.3 is 9.64 Å². The number of hydrazone groups is 1. The molecule has 0 spiro atoms. The average Bonchev–Trinajstić information content (AvgIpc) is 2.89. The van der Waals surface area contributed by atoms with E-state index in [9.17, 15) is 9.59 Å². The zero-order chi connectivity index (χ0) is 17.7. The molecule has 1 amide bonds. The van der Waals surface area contributed by atoms with Gasteiger partial charge in [-0.1, -0.05) is 37.3 Å². The van der Waals surface area contributed by atoms with Crippen LogP contribution in [0.3, 0.4) is 0 Å². The Morgan fingerprint density at radius 1 is 1.33 bits per heavy atom. The molecule has 24 heavy (non-hydrogen) atoms. The van der Waals surface area contributed by atoms with Crippen LogP contribution in [0, 0.1) is 0 Å². The second kappa shape index (κ2) is 7.54. The van der Waals surface area contributed by atoms with Gasteiger partial charge in [-0.05, 0) is 12.0 Å². The molecule has 0 aliphatic carbocycles. The molecule has 126 valence electrons. The van der Waals surface area contributed by atoms with Crippen LogP contribution in [0.15, 0.2) is 52.2 Å². The van der Waals surface area contributed by atoms with Gasteiger partial charge in [0.1, 0.15) is 5.70 Å². The minimum absolute atomic E-state index is 0.00202. The van der Waals surface area contributed by atoms with Crippen molar-refractivity contribution in [3.8, 4) is 0 Å². The number of methoxy groups -OCH3 is 1. The van der Waals surface area contributed by atoms with E-state index in [0.717, 1.165) is 17.4 Å². The SMILES string of the molecule is CC/C(=N\N1C(=O)/C(=C\C(=O)OC)N=C1N(C)C)c1ccccc1. The number of guanidine groups is 1. The van der Waals surface area contributed by atoms with Crippen LogP contribution in [-0.4, -0.2) is 54.7 Å². The Hall–Kier alpha value is -2.96. The minimum Gasteiger partial charge on any atom is -0.466 e. The first-order valence-corrected chi connectivity index (χ1v) is 7.51. The zero-order valence-corrected chi connectivity index (χ0v) is 14.2. The Balaban J connectivity index is 2.43. The molecule has 1 aromatic rings. The van der Waals surface area contributed by atoms with Crippen molar-refractivity contribution in [3.05, 3.63) is 47.7 Å². The van der Waals surface area contributed by atoms with Crippen LogP contribution in [-0.2, 0) is 14.3 Å². The predicted molar refractivity (Wildman–Crippen MR) is 91.3 cm³/mol. The molecule has 2 rings (SSSR count). The van der Waals surface area contributed by atoms with Gasteiger partial charge in [-0.15, -0.1) is 0 Å². The van der Waals surface area contributed by atoms with Gasteiger partial charge in [0, 0.05) is 14.1 Å². The monoisotopic (exact) mass is 328 g/mol. The van der Waals surface area contributed by atoms with Crippen molar-refractivity contribution in [2.75, 3.05) is 21.2 Å². The quantitative estimate of drug-likeness (QED) is 0.478. The number of esters is 1. The predicted octanol–water partition coefficient (Wildman–Crippen LogP) is 1.62.